The van der Waals surface area contributed by atoms with Crippen molar-refractivity contribution in [3.63, 3.8) is 0 Å². The third kappa shape index (κ3) is 3.42. The maximum Gasteiger partial charge on any atom is 0.231 e. The van der Waals surface area contributed by atoms with Crippen molar-refractivity contribution >= 4 is 11.6 Å². The first-order chi connectivity index (χ1) is 9.60. The van der Waals surface area contributed by atoms with Crippen LogP contribution in [-0.2, 0) is 17.8 Å². The number of likely N-dealkylation sites (N-methyl/N-ethyl adjacent to an activating group) is 1. The van der Waals surface area contributed by atoms with Gasteiger partial charge in [-0.2, -0.15) is 0 Å². The number of amides is 1. The van der Waals surface area contributed by atoms with Crippen molar-refractivity contribution in [1.29, 1.82) is 0 Å². The lowest BCUT2D eigenvalue weighted by atomic mass is 10.1. The number of rotatable bonds is 4. The van der Waals surface area contributed by atoms with Crippen LogP contribution in [0, 0.1) is 5.82 Å². The molecule has 0 aliphatic carbocycles. The summed E-state index contributed by atoms with van der Waals surface area (Å²) in [5, 5.41) is 0. The first kappa shape index (κ1) is 14.2. The largest absolute Gasteiger partial charge is 0.326 e. The summed E-state index contributed by atoms with van der Waals surface area (Å²) in [5.74, 6) is -0.357. The molecule has 0 spiro atoms. The average molecular weight is 272 g/mol. The van der Waals surface area contributed by atoms with Crippen LogP contribution in [0.1, 0.15) is 11.1 Å². The fourth-order valence-electron chi connectivity index (χ4n) is 1.90. The van der Waals surface area contributed by atoms with Gasteiger partial charge in [0.2, 0.25) is 5.91 Å². The number of carbonyl (C=O) groups is 1. The highest BCUT2D eigenvalue weighted by Crippen LogP contribution is 2.15. The monoisotopic (exact) mass is 272 g/mol. The highest BCUT2D eigenvalue weighted by atomic mass is 19.1. The van der Waals surface area contributed by atoms with E-state index in [0.29, 0.717) is 18.7 Å². The number of halogens is 1. The molecule has 0 bridgehead atoms. The molecule has 3 nitrogen and oxygen atoms in total. The number of carbonyl (C=O) groups excluding carboxylic acids is 1. The fourth-order valence-corrected chi connectivity index (χ4v) is 1.90. The second-order valence-electron chi connectivity index (χ2n) is 4.63. The molecule has 0 atom stereocenters. The van der Waals surface area contributed by atoms with Crippen LogP contribution in [0.25, 0.3) is 0 Å². The molecule has 0 fully saturated rings. The maximum absolute atomic E-state index is 12.9. The Kier molecular flexibility index (Phi) is 4.48. The third-order valence-corrected chi connectivity index (χ3v) is 3.20. The summed E-state index contributed by atoms with van der Waals surface area (Å²) >= 11 is 0. The molecular formula is C16H17FN2O. The smallest absolute Gasteiger partial charge is 0.231 e. The summed E-state index contributed by atoms with van der Waals surface area (Å²) in [5.41, 5.74) is 8.17. The SMILES string of the molecule is CN(C(=O)Cc1ccc(CN)cc1)c1ccc(F)cc1. The molecule has 0 radical (unpaired) electrons. The molecule has 2 aromatic carbocycles. The molecule has 0 aromatic heterocycles. The summed E-state index contributed by atoms with van der Waals surface area (Å²) in [7, 11) is 1.68. The van der Waals surface area contributed by atoms with Gasteiger partial charge in [0, 0.05) is 19.3 Å². The lowest BCUT2D eigenvalue weighted by molar-refractivity contribution is -0.117. The summed E-state index contributed by atoms with van der Waals surface area (Å²) in [6.45, 7) is 0.490. The number of benzene rings is 2. The number of nitrogens with zero attached hydrogens (tertiary/aromatic N) is 1. The predicted octanol–water partition coefficient (Wildman–Crippen LogP) is 2.49. The van der Waals surface area contributed by atoms with Crippen LogP contribution in [0.3, 0.4) is 0 Å². The molecule has 0 saturated heterocycles. The van der Waals surface area contributed by atoms with Gasteiger partial charge >= 0.3 is 0 Å². The Bertz CT molecular complexity index is 578. The van der Waals surface area contributed by atoms with Gasteiger partial charge in [0.1, 0.15) is 5.82 Å². The average Bonchev–Trinajstić information content (AvgIpc) is 2.48. The van der Waals surface area contributed by atoms with Crippen molar-refractivity contribution in [2.24, 2.45) is 5.73 Å². The lowest BCUT2D eigenvalue weighted by Crippen LogP contribution is -2.27. The number of anilines is 1. The predicted molar refractivity (Wildman–Crippen MR) is 77.8 cm³/mol. The minimum atomic E-state index is -0.313. The highest BCUT2D eigenvalue weighted by molar-refractivity contribution is 5.94. The van der Waals surface area contributed by atoms with E-state index in [-0.39, 0.29) is 11.7 Å². The number of nitrogens with two attached hydrogens (primary N) is 1. The first-order valence-corrected chi connectivity index (χ1v) is 6.40. The maximum atomic E-state index is 12.9. The van der Waals surface area contributed by atoms with Crippen molar-refractivity contribution in [2.45, 2.75) is 13.0 Å². The van der Waals surface area contributed by atoms with Gasteiger partial charge in [-0.05, 0) is 35.4 Å². The Labute approximate surface area is 117 Å². The summed E-state index contributed by atoms with van der Waals surface area (Å²) < 4.78 is 12.9. The van der Waals surface area contributed by atoms with Crippen molar-refractivity contribution in [3.05, 3.63) is 65.5 Å². The van der Waals surface area contributed by atoms with Gasteiger partial charge in [-0.25, -0.2) is 4.39 Å². The second kappa shape index (κ2) is 6.30. The summed E-state index contributed by atoms with van der Waals surface area (Å²) in [6.07, 6.45) is 0.304. The molecule has 2 N–H and O–H groups in total. The van der Waals surface area contributed by atoms with Gasteiger partial charge in [0.05, 0.1) is 6.42 Å². The van der Waals surface area contributed by atoms with Crippen LogP contribution in [-0.4, -0.2) is 13.0 Å². The van der Waals surface area contributed by atoms with Gasteiger partial charge in [-0.1, -0.05) is 24.3 Å². The van der Waals surface area contributed by atoms with Crippen LogP contribution in [0.15, 0.2) is 48.5 Å². The lowest BCUT2D eigenvalue weighted by Gasteiger charge is -2.17. The molecule has 0 aliphatic rings. The molecule has 104 valence electrons. The van der Waals surface area contributed by atoms with Crippen molar-refractivity contribution in [2.75, 3.05) is 11.9 Å². The zero-order valence-corrected chi connectivity index (χ0v) is 11.3. The van der Waals surface area contributed by atoms with Crippen LogP contribution in [0.5, 0.6) is 0 Å². The fraction of sp³-hybridized carbons (Fsp3) is 0.188. The molecule has 0 unspecified atom stereocenters. The summed E-state index contributed by atoms with van der Waals surface area (Å²) in [4.78, 5) is 13.7. The van der Waals surface area contributed by atoms with E-state index < -0.39 is 0 Å². The molecule has 2 aromatic rings. The first-order valence-electron chi connectivity index (χ1n) is 6.40. The molecule has 1 amide bonds. The Morgan fingerprint density at radius 3 is 2.15 bits per heavy atom. The van der Waals surface area contributed by atoms with E-state index in [9.17, 15) is 9.18 Å². The van der Waals surface area contributed by atoms with Crippen LogP contribution in [0.2, 0.25) is 0 Å². The van der Waals surface area contributed by atoms with Gasteiger partial charge in [-0.15, -0.1) is 0 Å². The zero-order chi connectivity index (χ0) is 14.5. The molecule has 0 heterocycles. The normalized spacial score (nSPS) is 10.3. The number of hydrogen-bond donors (Lipinski definition) is 1. The Morgan fingerprint density at radius 2 is 1.60 bits per heavy atom. The highest BCUT2D eigenvalue weighted by Gasteiger charge is 2.11. The standard InChI is InChI=1S/C16H17FN2O/c1-19(15-8-6-14(17)7-9-15)16(20)10-12-2-4-13(11-18)5-3-12/h2-9H,10-11,18H2,1H3. The Hall–Kier alpha value is -2.20. The van der Waals surface area contributed by atoms with E-state index in [2.05, 4.69) is 0 Å². The molecule has 2 rings (SSSR count). The molecule has 0 saturated carbocycles. The van der Waals surface area contributed by atoms with E-state index in [4.69, 9.17) is 5.73 Å². The van der Waals surface area contributed by atoms with Gasteiger partial charge in [-0.3, -0.25) is 4.79 Å². The molecule has 4 heteroatoms. The summed E-state index contributed by atoms with van der Waals surface area (Å²) in [6, 6.07) is 13.5. The van der Waals surface area contributed by atoms with E-state index in [0.717, 1.165) is 11.1 Å². The Balaban J connectivity index is 2.05. The number of hydrogen-bond acceptors (Lipinski definition) is 2. The molecule has 20 heavy (non-hydrogen) atoms. The van der Waals surface area contributed by atoms with Crippen molar-refractivity contribution in [1.82, 2.24) is 0 Å². The zero-order valence-electron chi connectivity index (χ0n) is 11.3. The Morgan fingerprint density at radius 1 is 1.05 bits per heavy atom. The van der Waals surface area contributed by atoms with Gasteiger partial charge in [0.25, 0.3) is 0 Å². The minimum absolute atomic E-state index is 0.0443. The quantitative estimate of drug-likeness (QED) is 0.929. The van der Waals surface area contributed by atoms with E-state index in [1.165, 1.54) is 17.0 Å². The van der Waals surface area contributed by atoms with Crippen LogP contribution < -0.4 is 10.6 Å². The van der Waals surface area contributed by atoms with Crippen molar-refractivity contribution < 1.29 is 9.18 Å². The third-order valence-electron chi connectivity index (χ3n) is 3.20. The van der Waals surface area contributed by atoms with Gasteiger partial charge in [0.15, 0.2) is 0 Å². The minimum Gasteiger partial charge on any atom is -0.326 e. The molecule has 0 aliphatic heterocycles. The van der Waals surface area contributed by atoms with E-state index >= 15 is 0 Å². The molecular weight excluding hydrogens is 255 g/mol. The van der Waals surface area contributed by atoms with Crippen LogP contribution in [0.4, 0.5) is 10.1 Å². The van der Waals surface area contributed by atoms with Gasteiger partial charge < -0.3 is 10.6 Å². The van der Waals surface area contributed by atoms with E-state index in [1.54, 1.807) is 19.2 Å². The second-order valence-corrected chi connectivity index (χ2v) is 4.63. The van der Waals surface area contributed by atoms with Crippen molar-refractivity contribution in [3.8, 4) is 0 Å². The van der Waals surface area contributed by atoms with Crippen LogP contribution >= 0.6 is 0 Å². The topological polar surface area (TPSA) is 46.3 Å². The van der Waals surface area contributed by atoms with E-state index in [1.807, 2.05) is 24.3 Å².